The zero-order valence-electron chi connectivity index (χ0n) is 14.1. The monoisotopic (exact) mass is 406 g/mol. The third-order valence-electron chi connectivity index (χ3n) is 3.62. The third kappa shape index (κ3) is 5.97. The highest BCUT2D eigenvalue weighted by molar-refractivity contribution is 8.00. The van der Waals surface area contributed by atoms with Gasteiger partial charge in [-0.05, 0) is 29.3 Å². The van der Waals surface area contributed by atoms with E-state index >= 15 is 0 Å². The Kier molecular flexibility index (Phi) is 7.29. The summed E-state index contributed by atoms with van der Waals surface area (Å²) >= 11 is 9.48. The number of halogens is 1. The van der Waals surface area contributed by atoms with E-state index < -0.39 is 0 Å². The number of hydrogen-bond donors (Lipinski definition) is 1. The van der Waals surface area contributed by atoms with Crippen LogP contribution in [-0.2, 0) is 10.5 Å². The fourth-order valence-corrected chi connectivity index (χ4v) is 3.89. The fourth-order valence-electron chi connectivity index (χ4n) is 2.22. The molecule has 1 aliphatic heterocycles. The first-order chi connectivity index (χ1) is 12.7. The van der Waals surface area contributed by atoms with Crippen LogP contribution in [-0.4, -0.2) is 35.5 Å². The van der Waals surface area contributed by atoms with Crippen molar-refractivity contribution in [3.63, 3.8) is 0 Å². The van der Waals surface area contributed by atoms with Crippen LogP contribution in [0.1, 0.15) is 11.1 Å². The molecule has 0 unspecified atom stereocenters. The van der Waals surface area contributed by atoms with Crippen LogP contribution in [0.5, 0.6) is 5.75 Å². The molecule has 0 atom stereocenters. The molecule has 4 nitrogen and oxygen atoms in total. The van der Waals surface area contributed by atoms with E-state index in [0.717, 1.165) is 33.4 Å². The number of hydrazone groups is 1. The second-order valence-corrected chi connectivity index (χ2v) is 8.19. The second kappa shape index (κ2) is 9.90. The molecule has 26 heavy (non-hydrogen) atoms. The first-order valence-corrected chi connectivity index (χ1v) is 10.9. The number of carbonyl (C=O) groups is 1. The summed E-state index contributed by atoms with van der Waals surface area (Å²) in [5.74, 6) is 3.79. The number of nitrogens with zero attached hydrogens (tertiary/aromatic N) is 1. The van der Waals surface area contributed by atoms with Crippen molar-refractivity contribution in [3.05, 3.63) is 64.7 Å². The summed E-state index contributed by atoms with van der Waals surface area (Å²) in [6.07, 6.45) is 1.93. The predicted molar refractivity (Wildman–Crippen MR) is 112 cm³/mol. The van der Waals surface area contributed by atoms with Crippen molar-refractivity contribution in [1.82, 2.24) is 5.43 Å². The Bertz CT molecular complexity index is 782. The van der Waals surface area contributed by atoms with Crippen molar-refractivity contribution < 1.29 is 9.53 Å². The summed E-state index contributed by atoms with van der Waals surface area (Å²) in [6, 6.07) is 15.3. The van der Waals surface area contributed by atoms with Gasteiger partial charge in [0.2, 0.25) is 5.91 Å². The minimum atomic E-state index is -0.141. The van der Waals surface area contributed by atoms with Crippen molar-refractivity contribution >= 4 is 47.2 Å². The van der Waals surface area contributed by atoms with Crippen molar-refractivity contribution in [2.75, 3.05) is 17.3 Å². The highest BCUT2D eigenvalue weighted by atomic mass is 35.5. The van der Waals surface area contributed by atoms with Gasteiger partial charge in [0.25, 0.3) is 0 Å². The molecule has 2 aromatic carbocycles. The number of hydrogen-bond acceptors (Lipinski definition) is 5. The Morgan fingerprint density at radius 2 is 2.15 bits per heavy atom. The van der Waals surface area contributed by atoms with Crippen LogP contribution in [0.15, 0.2) is 53.6 Å². The Morgan fingerprint density at radius 3 is 2.92 bits per heavy atom. The fraction of sp³-hybridized carbons (Fsp3) is 0.263. The molecule has 7 heteroatoms. The molecule has 3 rings (SSSR count). The Morgan fingerprint density at radius 1 is 1.31 bits per heavy atom. The summed E-state index contributed by atoms with van der Waals surface area (Å²) < 4.78 is 5.84. The van der Waals surface area contributed by atoms with Crippen molar-refractivity contribution in [1.29, 1.82) is 0 Å². The van der Waals surface area contributed by atoms with E-state index in [4.69, 9.17) is 16.3 Å². The zero-order chi connectivity index (χ0) is 18.2. The Balaban J connectivity index is 1.41. The van der Waals surface area contributed by atoms with Crippen LogP contribution in [0.25, 0.3) is 0 Å². The minimum Gasteiger partial charge on any atom is -0.489 e. The summed E-state index contributed by atoms with van der Waals surface area (Å²) in [5.41, 5.74) is 4.46. The van der Waals surface area contributed by atoms with Crippen LogP contribution < -0.4 is 10.2 Å². The summed E-state index contributed by atoms with van der Waals surface area (Å²) in [6.45, 7) is 0. The van der Waals surface area contributed by atoms with Gasteiger partial charge >= 0.3 is 0 Å². The van der Waals surface area contributed by atoms with Gasteiger partial charge in [-0.25, -0.2) is 5.43 Å². The molecule has 1 amide bonds. The number of benzene rings is 2. The van der Waals surface area contributed by atoms with Gasteiger partial charge < -0.3 is 4.74 Å². The molecule has 136 valence electrons. The molecule has 1 aliphatic rings. The molecule has 0 saturated carbocycles. The molecule has 1 N–H and O–H groups in total. The van der Waals surface area contributed by atoms with Gasteiger partial charge in [-0.3, -0.25) is 4.79 Å². The maximum atomic E-state index is 11.9. The number of rotatable bonds is 8. The van der Waals surface area contributed by atoms with E-state index in [2.05, 4.69) is 10.5 Å². The van der Waals surface area contributed by atoms with E-state index in [1.165, 1.54) is 11.8 Å². The lowest BCUT2D eigenvalue weighted by Gasteiger charge is -2.25. The van der Waals surface area contributed by atoms with Crippen LogP contribution >= 0.6 is 35.1 Å². The van der Waals surface area contributed by atoms with Crippen LogP contribution in [0, 0.1) is 0 Å². The van der Waals surface area contributed by atoms with Crippen LogP contribution in [0.4, 0.5) is 0 Å². The van der Waals surface area contributed by atoms with Gasteiger partial charge in [-0.2, -0.15) is 16.9 Å². The summed E-state index contributed by atoms with van der Waals surface area (Å²) in [5, 5.41) is 4.74. The van der Waals surface area contributed by atoms with E-state index in [1.807, 2.05) is 60.3 Å². The Labute approximate surface area is 166 Å². The van der Waals surface area contributed by atoms with Crippen LogP contribution in [0.3, 0.4) is 0 Å². The van der Waals surface area contributed by atoms with Crippen molar-refractivity contribution in [2.24, 2.45) is 5.10 Å². The molecular formula is C19H19ClN2O2S2. The number of amides is 1. The number of thioether (sulfide) groups is 2. The first-order valence-electron chi connectivity index (χ1n) is 8.18. The lowest BCUT2D eigenvalue weighted by atomic mass is 10.2. The van der Waals surface area contributed by atoms with Gasteiger partial charge in [0.15, 0.2) is 0 Å². The summed E-state index contributed by atoms with van der Waals surface area (Å²) in [4.78, 5) is 11.9. The highest BCUT2D eigenvalue weighted by Gasteiger charge is 2.19. The molecule has 0 bridgehead atoms. The molecule has 1 fully saturated rings. The van der Waals surface area contributed by atoms with E-state index in [1.54, 1.807) is 6.21 Å². The van der Waals surface area contributed by atoms with Crippen molar-refractivity contribution in [3.8, 4) is 5.75 Å². The van der Waals surface area contributed by atoms with Crippen molar-refractivity contribution in [2.45, 2.75) is 11.9 Å². The van der Waals surface area contributed by atoms with Gasteiger partial charge in [-0.1, -0.05) is 41.9 Å². The standard InChI is InChI=1S/C19H19ClN2O2S2/c20-18-7-2-1-5-15(18)10-25-13-19(23)22-21-9-14-4-3-6-16(8-14)24-17-11-26-12-17/h1-9,17H,10-13H2,(H,22,23)/b21-9-. The molecule has 0 aliphatic carbocycles. The molecule has 2 aromatic rings. The van der Waals surface area contributed by atoms with Gasteiger partial charge in [0.1, 0.15) is 11.9 Å². The highest BCUT2D eigenvalue weighted by Crippen LogP contribution is 2.24. The lowest BCUT2D eigenvalue weighted by molar-refractivity contribution is -0.118. The SMILES string of the molecule is O=C(CSCc1ccccc1Cl)N/N=C\c1cccc(OC2CSC2)c1. The minimum absolute atomic E-state index is 0.141. The predicted octanol–water partition coefficient (Wildman–Crippen LogP) is 4.22. The smallest absolute Gasteiger partial charge is 0.250 e. The van der Waals surface area contributed by atoms with E-state index in [9.17, 15) is 4.79 Å². The van der Waals surface area contributed by atoms with Gasteiger partial charge in [0.05, 0.1) is 12.0 Å². The molecule has 0 spiro atoms. The molecule has 1 heterocycles. The maximum absolute atomic E-state index is 11.9. The molecular weight excluding hydrogens is 388 g/mol. The molecule has 0 aromatic heterocycles. The largest absolute Gasteiger partial charge is 0.489 e. The number of nitrogens with one attached hydrogen (secondary N) is 1. The van der Waals surface area contributed by atoms with E-state index in [-0.39, 0.29) is 5.91 Å². The number of ether oxygens (including phenoxy) is 1. The van der Waals surface area contributed by atoms with E-state index in [0.29, 0.717) is 17.6 Å². The third-order valence-corrected chi connectivity index (χ3v) is 6.18. The Hall–Kier alpha value is -1.63. The van der Waals surface area contributed by atoms with Gasteiger partial charge in [0, 0.05) is 22.3 Å². The lowest BCUT2D eigenvalue weighted by Crippen LogP contribution is -2.31. The number of carbonyl (C=O) groups excluding carboxylic acids is 1. The topological polar surface area (TPSA) is 50.7 Å². The second-order valence-electron chi connectivity index (χ2n) is 5.73. The van der Waals surface area contributed by atoms with Gasteiger partial charge in [-0.15, -0.1) is 11.8 Å². The normalized spacial score (nSPS) is 14.2. The first kappa shape index (κ1) is 19.1. The molecule has 1 saturated heterocycles. The quantitative estimate of drug-likeness (QED) is 0.526. The average Bonchev–Trinajstić information content (AvgIpc) is 2.60. The zero-order valence-corrected chi connectivity index (χ0v) is 16.4. The van der Waals surface area contributed by atoms with Crippen LogP contribution in [0.2, 0.25) is 5.02 Å². The summed E-state index contributed by atoms with van der Waals surface area (Å²) in [7, 11) is 0. The maximum Gasteiger partial charge on any atom is 0.250 e. The average molecular weight is 407 g/mol. The molecule has 0 radical (unpaired) electrons.